The van der Waals surface area contributed by atoms with Gasteiger partial charge in [0.2, 0.25) is 5.91 Å². The van der Waals surface area contributed by atoms with Gasteiger partial charge >= 0.3 is 6.03 Å². The normalized spacial score (nSPS) is 11.1. The van der Waals surface area contributed by atoms with Crippen molar-refractivity contribution in [3.05, 3.63) is 29.8 Å². The van der Waals surface area contributed by atoms with E-state index in [0.717, 1.165) is 6.42 Å². The van der Waals surface area contributed by atoms with Gasteiger partial charge in [0.15, 0.2) is 0 Å². The largest absolute Gasteiger partial charge is 0.354 e. The first-order chi connectivity index (χ1) is 10.0. The molecule has 1 atom stereocenters. The van der Waals surface area contributed by atoms with Gasteiger partial charge in [-0.05, 0) is 31.5 Å². The predicted octanol–water partition coefficient (Wildman–Crippen LogP) is 1.98. The second kappa shape index (κ2) is 8.59. The second-order valence-electron chi connectivity index (χ2n) is 4.70. The molecule has 112 valence electrons. The summed E-state index contributed by atoms with van der Waals surface area (Å²) in [5, 5.41) is 16.8. The lowest BCUT2D eigenvalue weighted by Gasteiger charge is -2.12. The molecule has 1 rings (SSSR count). The van der Waals surface area contributed by atoms with Crippen LogP contribution in [0.1, 0.15) is 32.3 Å². The molecule has 0 bridgehead atoms. The van der Waals surface area contributed by atoms with Gasteiger partial charge in [-0.2, -0.15) is 5.26 Å². The van der Waals surface area contributed by atoms with E-state index >= 15 is 0 Å². The van der Waals surface area contributed by atoms with Crippen LogP contribution in [-0.4, -0.2) is 24.5 Å². The predicted molar refractivity (Wildman–Crippen MR) is 80.7 cm³/mol. The minimum atomic E-state index is -0.401. The highest BCUT2D eigenvalue weighted by Gasteiger charge is 2.06. The lowest BCUT2D eigenvalue weighted by molar-refractivity contribution is -0.121. The molecule has 0 aliphatic carbocycles. The summed E-state index contributed by atoms with van der Waals surface area (Å²) >= 11 is 0. The van der Waals surface area contributed by atoms with E-state index in [2.05, 4.69) is 16.0 Å². The highest BCUT2D eigenvalue weighted by Crippen LogP contribution is 2.09. The molecular weight excluding hydrogens is 268 g/mol. The summed E-state index contributed by atoms with van der Waals surface area (Å²) in [5.41, 5.74) is 1.01. The van der Waals surface area contributed by atoms with Crippen molar-refractivity contribution in [2.45, 2.75) is 32.7 Å². The van der Waals surface area contributed by atoms with Crippen molar-refractivity contribution >= 4 is 17.6 Å². The number of rotatable bonds is 6. The standard InChI is InChI=1S/C15H20N4O2/c1-3-11(2)18-14(20)7-8-17-15(21)19-13-6-4-5-12(9-13)10-16/h4-6,9,11H,3,7-8H2,1-2H3,(H,18,20)(H2,17,19,21)/t11-/m0/s1. The summed E-state index contributed by atoms with van der Waals surface area (Å²) in [6.07, 6.45) is 1.10. The van der Waals surface area contributed by atoms with E-state index in [1.165, 1.54) is 0 Å². The van der Waals surface area contributed by atoms with Crippen molar-refractivity contribution in [1.82, 2.24) is 10.6 Å². The van der Waals surface area contributed by atoms with Crippen molar-refractivity contribution < 1.29 is 9.59 Å². The van der Waals surface area contributed by atoms with Crippen molar-refractivity contribution in [3.8, 4) is 6.07 Å². The zero-order chi connectivity index (χ0) is 15.7. The minimum absolute atomic E-state index is 0.0869. The third-order valence-corrected chi connectivity index (χ3v) is 2.91. The molecule has 6 heteroatoms. The van der Waals surface area contributed by atoms with Crippen LogP contribution in [0.3, 0.4) is 0 Å². The molecule has 0 saturated heterocycles. The molecule has 6 nitrogen and oxygen atoms in total. The maximum Gasteiger partial charge on any atom is 0.319 e. The van der Waals surface area contributed by atoms with Crippen LogP contribution in [0.5, 0.6) is 0 Å². The number of carbonyl (C=O) groups excluding carboxylic acids is 2. The molecule has 0 radical (unpaired) electrons. The summed E-state index contributed by atoms with van der Waals surface area (Å²) < 4.78 is 0. The van der Waals surface area contributed by atoms with Crippen LogP contribution in [0.4, 0.5) is 10.5 Å². The number of benzene rings is 1. The highest BCUT2D eigenvalue weighted by atomic mass is 16.2. The number of carbonyl (C=O) groups is 2. The summed E-state index contributed by atoms with van der Waals surface area (Å²) in [5.74, 6) is -0.0869. The Kier molecular flexibility index (Phi) is 6.75. The molecular formula is C15H20N4O2. The number of nitrogens with zero attached hydrogens (tertiary/aromatic N) is 1. The van der Waals surface area contributed by atoms with Gasteiger partial charge in [-0.15, -0.1) is 0 Å². The molecule has 1 aromatic carbocycles. The van der Waals surface area contributed by atoms with Gasteiger partial charge in [0.1, 0.15) is 0 Å². The Labute approximate surface area is 124 Å². The molecule has 3 N–H and O–H groups in total. The fourth-order valence-corrected chi connectivity index (χ4v) is 1.58. The fraction of sp³-hybridized carbons (Fsp3) is 0.400. The number of urea groups is 1. The van der Waals surface area contributed by atoms with Crippen LogP contribution in [-0.2, 0) is 4.79 Å². The zero-order valence-corrected chi connectivity index (χ0v) is 12.3. The number of amides is 3. The number of nitrogens with one attached hydrogen (secondary N) is 3. The van der Waals surface area contributed by atoms with E-state index in [4.69, 9.17) is 5.26 Å². The molecule has 0 aromatic heterocycles. The molecule has 0 aliphatic heterocycles. The SMILES string of the molecule is CC[C@H](C)NC(=O)CCNC(=O)Nc1cccc(C#N)c1. The minimum Gasteiger partial charge on any atom is -0.354 e. The van der Waals surface area contributed by atoms with Crippen LogP contribution in [0.25, 0.3) is 0 Å². The topological polar surface area (TPSA) is 94.0 Å². The Hall–Kier alpha value is -2.55. The van der Waals surface area contributed by atoms with Crippen molar-refractivity contribution in [1.29, 1.82) is 5.26 Å². The third-order valence-electron chi connectivity index (χ3n) is 2.91. The first-order valence-electron chi connectivity index (χ1n) is 6.89. The summed E-state index contributed by atoms with van der Waals surface area (Å²) in [6.45, 7) is 4.18. The molecule has 0 unspecified atom stereocenters. The summed E-state index contributed by atoms with van der Waals surface area (Å²) in [4.78, 5) is 23.2. The Balaban J connectivity index is 2.31. The Bertz CT molecular complexity index is 537. The van der Waals surface area contributed by atoms with Gasteiger partial charge in [0.25, 0.3) is 0 Å². The maximum atomic E-state index is 11.6. The Morgan fingerprint density at radius 3 is 2.81 bits per heavy atom. The van der Waals surface area contributed by atoms with Gasteiger partial charge in [0, 0.05) is 24.7 Å². The molecule has 1 aromatic rings. The zero-order valence-electron chi connectivity index (χ0n) is 12.3. The molecule has 0 saturated carbocycles. The van der Waals surface area contributed by atoms with Gasteiger partial charge in [-0.3, -0.25) is 4.79 Å². The molecule has 0 spiro atoms. The summed E-state index contributed by atoms with van der Waals surface area (Å²) in [7, 11) is 0. The average molecular weight is 288 g/mol. The average Bonchev–Trinajstić information content (AvgIpc) is 2.47. The fourth-order valence-electron chi connectivity index (χ4n) is 1.58. The maximum absolute atomic E-state index is 11.6. The smallest absolute Gasteiger partial charge is 0.319 e. The van der Waals surface area contributed by atoms with Crippen LogP contribution in [0.15, 0.2) is 24.3 Å². The Morgan fingerprint density at radius 2 is 2.14 bits per heavy atom. The summed E-state index contributed by atoms with van der Waals surface area (Å²) in [6, 6.07) is 8.35. The van der Waals surface area contributed by atoms with Crippen LogP contribution in [0.2, 0.25) is 0 Å². The monoisotopic (exact) mass is 288 g/mol. The van der Waals surface area contributed by atoms with Crippen molar-refractivity contribution in [3.63, 3.8) is 0 Å². The van der Waals surface area contributed by atoms with Crippen LogP contribution >= 0.6 is 0 Å². The van der Waals surface area contributed by atoms with Gasteiger partial charge in [-0.25, -0.2) is 4.79 Å². The van der Waals surface area contributed by atoms with E-state index < -0.39 is 6.03 Å². The van der Waals surface area contributed by atoms with Gasteiger partial charge in [0.05, 0.1) is 11.6 Å². The number of hydrogen-bond donors (Lipinski definition) is 3. The number of anilines is 1. The van der Waals surface area contributed by atoms with E-state index in [1.807, 2.05) is 19.9 Å². The highest BCUT2D eigenvalue weighted by molar-refractivity contribution is 5.89. The lowest BCUT2D eigenvalue weighted by atomic mass is 10.2. The third kappa shape index (κ3) is 6.43. The van der Waals surface area contributed by atoms with E-state index in [0.29, 0.717) is 11.3 Å². The first-order valence-corrected chi connectivity index (χ1v) is 6.89. The van der Waals surface area contributed by atoms with Crippen LogP contribution < -0.4 is 16.0 Å². The van der Waals surface area contributed by atoms with Gasteiger partial charge in [-0.1, -0.05) is 13.0 Å². The molecule has 0 fully saturated rings. The number of nitriles is 1. The number of hydrogen-bond acceptors (Lipinski definition) is 3. The van der Waals surface area contributed by atoms with Crippen LogP contribution in [0, 0.1) is 11.3 Å². The second-order valence-corrected chi connectivity index (χ2v) is 4.70. The van der Waals surface area contributed by atoms with Crippen molar-refractivity contribution in [2.75, 3.05) is 11.9 Å². The molecule has 3 amide bonds. The molecule has 21 heavy (non-hydrogen) atoms. The van der Waals surface area contributed by atoms with E-state index in [-0.39, 0.29) is 24.9 Å². The lowest BCUT2D eigenvalue weighted by Crippen LogP contribution is -2.36. The van der Waals surface area contributed by atoms with E-state index in [9.17, 15) is 9.59 Å². The van der Waals surface area contributed by atoms with Crippen molar-refractivity contribution in [2.24, 2.45) is 0 Å². The van der Waals surface area contributed by atoms with Gasteiger partial charge < -0.3 is 16.0 Å². The molecule has 0 aliphatic rings. The quantitative estimate of drug-likeness (QED) is 0.747. The Morgan fingerprint density at radius 1 is 1.38 bits per heavy atom. The first kappa shape index (κ1) is 16.5. The molecule has 0 heterocycles. The van der Waals surface area contributed by atoms with E-state index in [1.54, 1.807) is 24.3 Å².